The van der Waals surface area contributed by atoms with Crippen LogP contribution in [0.15, 0.2) is 0 Å². The molecule has 0 unspecified atom stereocenters. The summed E-state index contributed by atoms with van der Waals surface area (Å²) in [6.45, 7) is 2.34. The first-order valence-electron chi connectivity index (χ1n) is 6.66. The monoisotopic (exact) mass is 229 g/mol. The van der Waals surface area contributed by atoms with Gasteiger partial charge in [0.15, 0.2) is 0 Å². The largest absolute Gasteiger partial charge is 0.385 e. The normalized spacial score (nSPS) is 20.6. The van der Waals surface area contributed by atoms with Crippen molar-refractivity contribution in [3.05, 3.63) is 0 Å². The topological polar surface area (TPSA) is 44.5 Å². The zero-order chi connectivity index (χ0) is 11.7. The van der Waals surface area contributed by atoms with Gasteiger partial charge in [0.1, 0.15) is 0 Å². The molecule has 0 amide bonds. The van der Waals surface area contributed by atoms with Gasteiger partial charge in [0.25, 0.3) is 0 Å². The van der Waals surface area contributed by atoms with Crippen molar-refractivity contribution in [2.24, 2.45) is 5.73 Å². The summed E-state index contributed by atoms with van der Waals surface area (Å²) in [5.41, 5.74) is 5.89. The van der Waals surface area contributed by atoms with E-state index in [1.807, 2.05) is 0 Å². The first kappa shape index (κ1) is 13.9. The Kier molecular flexibility index (Phi) is 7.01. The van der Waals surface area contributed by atoms with Crippen LogP contribution in [0.3, 0.4) is 0 Å². The second-order valence-corrected chi connectivity index (χ2v) is 4.85. The second-order valence-electron chi connectivity index (χ2n) is 4.85. The number of hydrogen-bond acceptors (Lipinski definition) is 3. The molecule has 1 aliphatic rings. The van der Waals surface area contributed by atoms with Crippen LogP contribution in [0.4, 0.5) is 0 Å². The Morgan fingerprint density at radius 3 is 2.19 bits per heavy atom. The van der Waals surface area contributed by atoms with Crippen LogP contribution in [0.2, 0.25) is 0 Å². The molecule has 16 heavy (non-hydrogen) atoms. The minimum absolute atomic E-state index is 0.0103. The summed E-state index contributed by atoms with van der Waals surface area (Å²) in [4.78, 5) is 0. The minimum atomic E-state index is -0.0103. The van der Waals surface area contributed by atoms with Gasteiger partial charge in [-0.05, 0) is 25.7 Å². The van der Waals surface area contributed by atoms with Gasteiger partial charge in [0, 0.05) is 26.9 Å². The molecule has 0 radical (unpaired) electrons. The molecular formula is C13H27NO2. The van der Waals surface area contributed by atoms with E-state index in [9.17, 15) is 0 Å². The summed E-state index contributed by atoms with van der Waals surface area (Å²) in [6.07, 6.45) is 9.68. The van der Waals surface area contributed by atoms with Crippen LogP contribution >= 0.6 is 0 Å². The molecule has 1 saturated carbocycles. The average Bonchev–Trinajstić information content (AvgIpc) is 2.55. The van der Waals surface area contributed by atoms with Gasteiger partial charge in [-0.25, -0.2) is 0 Å². The van der Waals surface area contributed by atoms with Crippen LogP contribution in [-0.4, -0.2) is 32.5 Å². The van der Waals surface area contributed by atoms with Crippen molar-refractivity contribution in [1.29, 1.82) is 0 Å². The smallest absolute Gasteiger partial charge is 0.0804 e. The highest BCUT2D eigenvalue weighted by atomic mass is 16.5. The van der Waals surface area contributed by atoms with E-state index in [2.05, 4.69) is 0 Å². The van der Waals surface area contributed by atoms with Crippen LogP contribution in [0, 0.1) is 0 Å². The summed E-state index contributed by atoms with van der Waals surface area (Å²) >= 11 is 0. The van der Waals surface area contributed by atoms with Crippen LogP contribution in [0.5, 0.6) is 0 Å². The first-order chi connectivity index (χ1) is 7.83. The van der Waals surface area contributed by atoms with Gasteiger partial charge in [0.05, 0.1) is 5.60 Å². The van der Waals surface area contributed by atoms with Crippen molar-refractivity contribution in [2.45, 2.75) is 57.0 Å². The molecule has 0 aromatic heterocycles. The zero-order valence-electron chi connectivity index (χ0n) is 10.7. The van der Waals surface area contributed by atoms with Gasteiger partial charge in [-0.1, -0.05) is 25.7 Å². The number of hydrogen-bond donors (Lipinski definition) is 1. The molecule has 0 aromatic rings. The highest BCUT2D eigenvalue weighted by molar-refractivity contribution is 4.84. The maximum absolute atomic E-state index is 6.07. The second kappa shape index (κ2) is 8.04. The molecule has 0 aromatic carbocycles. The zero-order valence-corrected chi connectivity index (χ0v) is 10.7. The van der Waals surface area contributed by atoms with E-state index in [0.717, 1.165) is 38.9 Å². The lowest BCUT2D eigenvalue weighted by atomic mass is 9.94. The van der Waals surface area contributed by atoms with Gasteiger partial charge in [-0.3, -0.25) is 0 Å². The fraction of sp³-hybridized carbons (Fsp3) is 1.00. The van der Waals surface area contributed by atoms with E-state index >= 15 is 0 Å². The molecule has 0 heterocycles. The lowest BCUT2D eigenvalue weighted by Gasteiger charge is -2.31. The van der Waals surface area contributed by atoms with Gasteiger partial charge < -0.3 is 15.2 Å². The average molecular weight is 229 g/mol. The number of unbranched alkanes of at least 4 members (excludes halogenated alkanes) is 1. The molecule has 0 atom stereocenters. The lowest BCUT2D eigenvalue weighted by molar-refractivity contribution is -0.0517. The van der Waals surface area contributed by atoms with E-state index < -0.39 is 0 Å². The van der Waals surface area contributed by atoms with E-state index in [4.69, 9.17) is 15.2 Å². The van der Waals surface area contributed by atoms with E-state index in [1.54, 1.807) is 7.11 Å². The fourth-order valence-corrected chi connectivity index (χ4v) is 2.42. The third-order valence-corrected chi connectivity index (χ3v) is 3.54. The van der Waals surface area contributed by atoms with Crippen molar-refractivity contribution in [2.75, 3.05) is 26.9 Å². The number of methoxy groups -OCH3 is 1. The first-order valence-corrected chi connectivity index (χ1v) is 6.66. The SMILES string of the molecule is COCCCCOC1(CN)CCCCCC1. The Balaban J connectivity index is 2.22. The molecule has 3 nitrogen and oxygen atoms in total. The standard InChI is InChI=1S/C13H27NO2/c1-15-10-6-7-11-16-13(12-14)8-4-2-3-5-9-13/h2-12,14H2,1H3. The summed E-state index contributed by atoms with van der Waals surface area (Å²) in [6, 6.07) is 0. The Labute approximate surface area is 99.7 Å². The van der Waals surface area contributed by atoms with E-state index in [0.29, 0.717) is 6.54 Å². The molecular weight excluding hydrogens is 202 g/mol. The van der Waals surface area contributed by atoms with Crippen LogP contribution < -0.4 is 5.73 Å². The molecule has 1 rings (SSSR count). The highest BCUT2D eigenvalue weighted by Gasteiger charge is 2.29. The molecule has 0 aliphatic heterocycles. The van der Waals surface area contributed by atoms with Crippen molar-refractivity contribution in [3.63, 3.8) is 0 Å². The predicted octanol–water partition coefficient (Wildman–Crippen LogP) is 2.48. The molecule has 0 spiro atoms. The van der Waals surface area contributed by atoms with E-state index in [1.165, 1.54) is 25.7 Å². The molecule has 2 N–H and O–H groups in total. The molecule has 1 fully saturated rings. The number of ether oxygens (including phenoxy) is 2. The van der Waals surface area contributed by atoms with Crippen molar-refractivity contribution >= 4 is 0 Å². The van der Waals surface area contributed by atoms with Crippen molar-refractivity contribution in [1.82, 2.24) is 0 Å². The third-order valence-electron chi connectivity index (χ3n) is 3.54. The number of rotatable bonds is 7. The van der Waals surface area contributed by atoms with Gasteiger partial charge >= 0.3 is 0 Å². The van der Waals surface area contributed by atoms with Crippen LogP contribution in [0.1, 0.15) is 51.4 Å². The third kappa shape index (κ3) is 4.81. The Bertz CT molecular complexity index is 165. The Morgan fingerprint density at radius 2 is 1.62 bits per heavy atom. The van der Waals surface area contributed by atoms with Crippen LogP contribution in [-0.2, 0) is 9.47 Å². The molecule has 0 bridgehead atoms. The highest BCUT2D eigenvalue weighted by Crippen LogP contribution is 2.29. The molecule has 3 heteroatoms. The predicted molar refractivity (Wildman–Crippen MR) is 66.5 cm³/mol. The van der Waals surface area contributed by atoms with Gasteiger partial charge in [-0.15, -0.1) is 0 Å². The summed E-state index contributed by atoms with van der Waals surface area (Å²) in [5, 5.41) is 0. The molecule has 96 valence electrons. The number of nitrogens with two attached hydrogens (primary N) is 1. The van der Waals surface area contributed by atoms with Crippen LogP contribution in [0.25, 0.3) is 0 Å². The Hall–Kier alpha value is -0.120. The summed E-state index contributed by atoms with van der Waals surface area (Å²) < 4.78 is 11.1. The molecule has 0 saturated heterocycles. The molecule has 1 aliphatic carbocycles. The lowest BCUT2D eigenvalue weighted by Crippen LogP contribution is -2.40. The summed E-state index contributed by atoms with van der Waals surface area (Å²) in [7, 11) is 1.74. The maximum atomic E-state index is 6.07. The van der Waals surface area contributed by atoms with Crippen molar-refractivity contribution in [3.8, 4) is 0 Å². The summed E-state index contributed by atoms with van der Waals surface area (Å²) in [5.74, 6) is 0. The van der Waals surface area contributed by atoms with E-state index in [-0.39, 0.29) is 5.60 Å². The minimum Gasteiger partial charge on any atom is -0.385 e. The fourth-order valence-electron chi connectivity index (χ4n) is 2.42. The quantitative estimate of drug-likeness (QED) is 0.539. The maximum Gasteiger partial charge on any atom is 0.0804 e. The van der Waals surface area contributed by atoms with Gasteiger partial charge in [0.2, 0.25) is 0 Å². The Morgan fingerprint density at radius 1 is 1.00 bits per heavy atom. The van der Waals surface area contributed by atoms with Crippen molar-refractivity contribution < 1.29 is 9.47 Å². The van der Waals surface area contributed by atoms with Gasteiger partial charge in [-0.2, -0.15) is 0 Å².